The number of alkyl halides is 1. The fraction of sp³-hybridized carbons (Fsp3) is 0.583. The molecule has 1 amide bonds. The van der Waals surface area contributed by atoms with Gasteiger partial charge < -0.3 is 9.64 Å². The van der Waals surface area contributed by atoms with Gasteiger partial charge in [-0.25, -0.2) is 0 Å². The zero-order chi connectivity index (χ0) is 13.5. The van der Waals surface area contributed by atoms with Crippen LogP contribution in [0.1, 0.15) is 23.5 Å². The lowest BCUT2D eigenvalue weighted by Crippen LogP contribution is -2.39. The molecule has 1 aromatic rings. The Labute approximate surface area is 125 Å². The normalized spacial score (nSPS) is 10.9. The van der Waals surface area contributed by atoms with Crippen LogP contribution >= 0.6 is 38.9 Å². The number of carbonyl (C=O) groups excluding carboxylic acids is 1. The molecule has 0 N–H and O–H groups in total. The molecule has 3 nitrogen and oxygen atoms in total. The van der Waals surface area contributed by atoms with Crippen LogP contribution in [0.3, 0.4) is 0 Å². The van der Waals surface area contributed by atoms with Crippen molar-refractivity contribution in [1.29, 1.82) is 0 Å². The summed E-state index contributed by atoms with van der Waals surface area (Å²) >= 11 is 10.5. The molecule has 0 bridgehead atoms. The monoisotopic (exact) mass is 353 g/mol. The second kappa shape index (κ2) is 8.15. The van der Waals surface area contributed by atoms with Crippen molar-refractivity contribution in [1.82, 2.24) is 4.90 Å². The highest BCUT2D eigenvalue weighted by atomic mass is 79.9. The Morgan fingerprint density at radius 1 is 1.50 bits per heavy atom. The summed E-state index contributed by atoms with van der Waals surface area (Å²) in [4.78, 5) is 14.8. The molecule has 0 aliphatic heterocycles. The molecule has 0 unspecified atom stereocenters. The summed E-state index contributed by atoms with van der Waals surface area (Å²) in [6.45, 7) is 5.80. The molecule has 0 aliphatic rings. The van der Waals surface area contributed by atoms with E-state index in [-0.39, 0.29) is 11.9 Å². The standard InChI is InChI=1S/C12H17BrClNO2S/c1-9(2)15(6-8-17-7-5-13)12(16)10-3-4-11(14)18-10/h3-4,9H,5-8H2,1-2H3. The van der Waals surface area contributed by atoms with E-state index in [1.165, 1.54) is 11.3 Å². The molecule has 102 valence electrons. The van der Waals surface area contributed by atoms with Gasteiger partial charge in [0.1, 0.15) is 0 Å². The second-order valence-electron chi connectivity index (χ2n) is 4.00. The van der Waals surface area contributed by atoms with Gasteiger partial charge in [0.2, 0.25) is 0 Å². The molecule has 0 saturated heterocycles. The summed E-state index contributed by atoms with van der Waals surface area (Å²) in [5.74, 6) is 0.0179. The van der Waals surface area contributed by atoms with Crippen LogP contribution in [0.15, 0.2) is 12.1 Å². The third-order valence-electron chi connectivity index (χ3n) is 2.37. The SMILES string of the molecule is CC(C)N(CCOCCBr)C(=O)c1ccc(Cl)s1. The number of halogens is 2. The molecular weight excluding hydrogens is 338 g/mol. The van der Waals surface area contributed by atoms with Gasteiger partial charge in [0.05, 0.1) is 22.4 Å². The topological polar surface area (TPSA) is 29.5 Å². The highest BCUT2D eigenvalue weighted by molar-refractivity contribution is 9.09. The van der Waals surface area contributed by atoms with E-state index in [1.54, 1.807) is 17.0 Å². The maximum Gasteiger partial charge on any atom is 0.264 e. The van der Waals surface area contributed by atoms with Crippen molar-refractivity contribution in [2.24, 2.45) is 0 Å². The molecule has 0 aromatic carbocycles. The molecule has 0 fully saturated rings. The molecule has 0 aliphatic carbocycles. The molecule has 0 radical (unpaired) electrons. The van der Waals surface area contributed by atoms with E-state index in [0.29, 0.717) is 29.0 Å². The second-order valence-corrected chi connectivity index (χ2v) is 6.51. The molecule has 1 aromatic heterocycles. The molecule has 18 heavy (non-hydrogen) atoms. The molecule has 1 heterocycles. The van der Waals surface area contributed by atoms with E-state index >= 15 is 0 Å². The average Bonchev–Trinajstić information content (AvgIpc) is 2.75. The highest BCUT2D eigenvalue weighted by Gasteiger charge is 2.19. The zero-order valence-electron chi connectivity index (χ0n) is 10.5. The Kier molecular flexibility index (Phi) is 7.22. The number of rotatable bonds is 7. The van der Waals surface area contributed by atoms with E-state index in [9.17, 15) is 4.79 Å². The van der Waals surface area contributed by atoms with Crippen molar-refractivity contribution in [2.75, 3.05) is 25.1 Å². The number of amides is 1. The van der Waals surface area contributed by atoms with E-state index in [4.69, 9.17) is 16.3 Å². The number of hydrogen-bond donors (Lipinski definition) is 0. The Morgan fingerprint density at radius 2 is 2.22 bits per heavy atom. The smallest absolute Gasteiger partial charge is 0.264 e. The van der Waals surface area contributed by atoms with Crippen molar-refractivity contribution in [3.05, 3.63) is 21.3 Å². The van der Waals surface area contributed by atoms with E-state index in [1.807, 2.05) is 13.8 Å². The van der Waals surface area contributed by atoms with Crippen LogP contribution in [-0.2, 0) is 4.74 Å². The van der Waals surface area contributed by atoms with E-state index < -0.39 is 0 Å². The van der Waals surface area contributed by atoms with Crippen LogP contribution in [0.25, 0.3) is 0 Å². The summed E-state index contributed by atoms with van der Waals surface area (Å²) in [6.07, 6.45) is 0. The largest absolute Gasteiger partial charge is 0.379 e. The first-order valence-electron chi connectivity index (χ1n) is 5.76. The van der Waals surface area contributed by atoms with Crippen molar-refractivity contribution in [3.63, 3.8) is 0 Å². The minimum Gasteiger partial charge on any atom is -0.379 e. The molecule has 1 rings (SSSR count). The lowest BCUT2D eigenvalue weighted by molar-refractivity contribution is 0.0601. The van der Waals surface area contributed by atoms with Crippen LogP contribution in [0.4, 0.5) is 0 Å². The van der Waals surface area contributed by atoms with Gasteiger partial charge in [0, 0.05) is 17.9 Å². The predicted molar refractivity (Wildman–Crippen MR) is 80.1 cm³/mol. The Bertz CT molecular complexity index is 384. The van der Waals surface area contributed by atoms with Gasteiger partial charge in [0.25, 0.3) is 5.91 Å². The fourth-order valence-corrected chi connectivity index (χ4v) is 2.71. The van der Waals surface area contributed by atoms with Gasteiger partial charge in [0.15, 0.2) is 0 Å². The summed E-state index contributed by atoms with van der Waals surface area (Å²) < 4.78 is 6.03. The minimum absolute atomic E-state index is 0.0179. The first-order chi connectivity index (χ1) is 8.56. The lowest BCUT2D eigenvalue weighted by Gasteiger charge is -2.26. The average molecular weight is 355 g/mol. The van der Waals surface area contributed by atoms with Gasteiger partial charge >= 0.3 is 0 Å². The van der Waals surface area contributed by atoms with Gasteiger partial charge in [-0.1, -0.05) is 27.5 Å². The Hall–Kier alpha value is -0.100. The lowest BCUT2D eigenvalue weighted by atomic mass is 10.3. The molecule has 0 spiro atoms. The van der Waals surface area contributed by atoms with Crippen molar-refractivity contribution >= 4 is 44.8 Å². The van der Waals surface area contributed by atoms with Crippen LogP contribution in [-0.4, -0.2) is 41.9 Å². The molecule has 6 heteroatoms. The molecule has 0 atom stereocenters. The minimum atomic E-state index is 0.0179. The van der Waals surface area contributed by atoms with Crippen LogP contribution in [0.5, 0.6) is 0 Å². The van der Waals surface area contributed by atoms with Gasteiger partial charge in [-0.15, -0.1) is 11.3 Å². The van der Waals surface area contributed by atoms with E-state index in [0.717, 1.165) is 5.33 Å². The third kappa shape index (κ3) is 4.88. The quantitative estimate of drug-likeness (QED) is 0.552. The van der Waals surface area contributed by atoms with Crippen molar-refractivity contribution in [3.8, 4) is 0 Å². The Morgan fingerprint density at radius 3 is 2.72 bits per heavy atom. The van der Waals surface area contributed by atoms with Gasteiger partial charge in [-0.2, -0.15) is 0 Å². The number of hydrogen-bond acceptors (Lipinski definition) is 3. The maximum atomic E-state index is 12.3. The summed E-state index contributed by atoms with van der Waals surface area (Å²) in [7, 11) is 0. The van der Waals surface area contributed by atoms with Crippen LogP contribution in [0, 0.1) is 0 Å². The first-order valence-corrected chi connectivity index (χ1v) is 8.08. The van der Waals surface area contributed by atoms with Crippen molar-refractivity contribution < 1.29 is 9.53 Å². The fourth-order valence-electron chi connectivity index (χ4n) is 1.48. The molecular formula is C12H17BrClNO2S. The first kappa shape index (κ1) is 16.0. The molecule has 0 saturated carbocycles. The number of nitrogens with zero attached hydrogens (tertiary/aromatic N) is 1. The van der Waals surface area contributed by atoms with Gasteiger partial charge in [-0.3, -0.25) is 4.79 Å². The Balaban J connectivity index is 2.58. The van der Waals surface area contributed by atoms with Crippen molar-refractivity contribution in [2.45, 2.75) is 19.9 Å². The predicted octanol–water partition coefficient (Wildman–Crippen LogP) is 3.66. The number of ether oxygens (including phenoxy) is 1. The number of thiophene rings is 1. The third-order valence-corrected chi connectivity index (χ3v) is 3.91. The van der Waals surface area contributed by atoms with Crippen LogP contribution < -0.4 is 0 Å². The summed E-state index contributed by atoms with van der Waals surface area (Å²) in [6, 6.07) is 3.66. The maximum absolute atomic E-state index is 12.3. The number of carbonyl (C=O) groups is 1. The highest BCUT2D eigenvalue weighted by Crippen LogP contribution is 2.23. The summed E-state index contributed by atoms with van der Waals surface area (Å²) in [5.41, 5.74) is 0. The van der Waals surface area contributed by atoms with Crippen LogP contribution in [0.2, 0.25) is 4.34 Å². The zero-order valence-corrected chi connectivity index (χ0v) is 13.6. The van der Waals surface area contributed by atoms with E-state index in [2.05, 4.69) is 15.9 Å². The van der Waals surface area contributed by atoms with Gasteiger partial charge in [-0.05, 0) is 26.0 Å². The summed E-state index contributed by atoms with van der Waals surface area (Å²) in [5, 5.41) is 0.809.